The molecule has 1 aromatic carbocycles. The maximum Gasteiger partial charge on any atom is 0.414 e. The first-order valence-corrected chi connectivity index (χ1v) is 9.60. The van der Waals surface area contributed by atoms with E-state index in [1.165, 1.54) is 0 Å². The number of carbonyl (C=O) groups is 2. The summed E-state index contributed by atoms with van der Waals surface area (Å²) in [6.45, 7) is 5.52. The predicted octanol–water partition coefficient (Wildman–Crippen LogP) is 1.71. The molecule has 1 aliphatic carbocycles. The van der Waals surface area contributed by atoms with Gasteiger partial charge < -0.3 is 19.9 Å². The average molecular weight is 410 g/mol. The van der Waals surface area contributed by atoms with Crippen LogP contribution in [0.2, 0.25) is 0 Å². The van der Waals surface area contributed by atoms with Gasteiger partial charge in [0.2, 0.25) is 0 Å². The Balaban J connectivity index is 1.69. The Kier molecular flexibility index (Phi) is 4.58. The number of fused-ring (bicyclic) bond motifs is 1. The lowest BCUT2D eigenvalue weighted by atomic mass is 9.91. The smallest absolute Gasteiger partial charge is 0.414 e. The van der Waals surface area contributed by atoms with Crippen LogP contribution in [0.25, 0.3) is 0 Å². The number of rotatable bonds is 4. The van der Waals surface area contributed by atoms with Crippen molar-refractivity contribution < 1.29 is 33.0 Å². The maximum atomic E-state index is 15.2. The highest BCUT2D eigenvalue weighted by atomic mass is 19.1. The summed E-state index contributed by atoms with van der Waals surface area (Å²) in [5.41, 5.74) is -1.89. The van der Waals surface area contributed by atoms with Crippen molar-refractivity contribution in [1.29, 1.82) is 0 Å². The Morgan fingerprint density at radius 1 is 1.38 bits per heavy atom. The van der Waals surface area contributed by atoms with Gasteiger partial charge in [0.05, 0.1) is 24.3 Å². The van der Waals surface area contributed by atoms with Crippen LogP contribution in [0.1, 0.15) is 26.3 Å². The van der Waals surface area contributed by atoms with Gasteiger partial charge in [-0.2, -0.15) is 0 Å². The third-order valence-corrected chi connectivity index (χ3v) is 5.89. The normalized spacial score (nSPS) is 30.9. The summed E-state index contributed by atoms with van der Waals surface area (Å²) < 4.78 is 40.6. The quantitative estimate of drug-likeness (QED) is 0.735. The largest absolute Gasteiger partial charge is 0.460 e. The van der Waals surface area contributed by atoms with E-state index in [-0.39, 0.29) is 30.3 Å². The van der Waals surface area contributed by atoms with Gasteiger partial charge in [-0.1, -0.05) is 0 Å². The molecule has 2 aliphatic heterocycles. The van der Waals surface area contributed by atoms with Crippen molar-refractivity contribution >= 4 is 17.7 Å². The molecule has 0 bridgehead atoms. The summed E-state index contributed by atoms with van der Waals surface area (Å²) in [5.74, 6) is -3.02. The molecule has 2 saturated heterocycles. The molecule has 2 N–H and O–H groups in total. The lowest BCUT2D eigenvalue weighted by molar-refractivity contribution is -0.157. The first-order valence-electron chi connectivity index (χ1n) is 9.60. The number of carbonyl (C=O) groups excluding carboxylic acids is 2. The third-order valence-electron chi connectivity index (χ3n) is 5.89. The monoisotopic (exact) mass is 410 g/mol. The number of cyclic esters (lactones) is 1. The minimum atomic E-state index is -1.00. The highest BCUT2D eigenvalue weighted by molar-refractivity contribution is 5.90. The fourth-order valence-corrected chi connectivity index (χ4v) is 4.72. The van der Waals surface area contributed by atoms with E-state index in [2.05, 4.69) is 5.32 Å². The van der Waals surface area contributed by atoms with Crippen molar-refractivity contribution in [1.82, 2.24) is 5.32 Å². The third kappa shape index (κ3) is 3.07. The summed E-state index contributed by atoms with van der Waals surface area (Å²) in [7, 11) is 0. The van der Waals surface area contributed by atoms with E-state index in [1.54, 1.807) is 20.8 Å². The molecule has 158 valence electrons. The molecule has 1 aromatic rings. The molecule has 0 aromatic heterocycles. The van der Waals surface area contributed by atoms with E-state index in [9.17, 15) is 14.7 Å². The summed E-state index contributed by atoms with van der Waals surface area (Å²) in [5, 5.41) is 12.5. The van der Waals surface area contributed by atoms with Gasteiger partial charge in [0.25, 0.3) is 0 Å². The fourth-order valence-electron chi connectivity index (χ4n) is 4.72. The molecule has 4 rings (SSSR count). The SMILES string of the molecule is CC(C)(C)OC(=O)C1C2CNCC21c1c(F)cc(N2C(=O)OC[C@H]2CO)cc1F. The van der Waals surface area contributed by atoms with Crippen LogP contribution < -0.4 is 10.2 Å². The van der Waals surface area contributed by atoms with E-state index >= 15 is 8.78 Å². The molecule has 7 nitrogen and oxygen atoms in total. The number of amides is 1. The van der Waals surface area contributed by atoms with Crippen LogP contribution in [-0.2, 0) is 19.7 Å². The summed E-state index contributed by atoms with van der Waals surface area (Å²) >= 11 is 0. The summed E-state index contributed by atoms with van der Waals surface area (Å²) in [4.78, 5) is 25.6. The molecule has 3 fully saturated rings. The number of aliphatic hydroxyl groups excluding tert-OH is 1. The molecule has 4 atom stereocenters. The van der Waals surface area contributed by atoms with Crippen LogP contribution in [-0.4, -0.2) is 55.1 Å². The second-order valence-electron chi connectivity index (χ2n) is 8.86. The van der Waals surface area contributed by atoms with Crippen LogP contribution in [0.5, 0.6) is 0 Å². The molecule has 3 unspecified atom stereocenters. The van der Waals surface area contributed by atoms with Crippen LogP contribution in [0.15, 0.2) is 12.1 Å². The van der Waals surface area contributed by atoms with Crippen LogP contribution in [0.4, 0.5) is 19.3 Å². The predicted molar refractivity (Wildman–Crippen MR) is 98.4 cm³/mol. The van der Waals surface area contributed by atoms with Gasteiger partial charge in [0, 0.05) is 17.5 Å². The molecule has 29 heavy (non-hydrogen) atoms. The van der Waals surface area contributed by atoms with Crippen molar-refractivity contribution in [3.63, 3.8) is 0 Å². The van der Waals surface area contributed by atoms with Gasteiger partial charge in [0.15, 0.2) is 0 Å². The summed E-state index contributed by atoms with van der Waals surface area (Å²) in [6, 6.07) is 1.41. The van der Waals surface area contributed by atoms with Crippen molar-refractivity contribution in [3.8, 4) is 0 Å². The average Bonchev–Trinajstić information content (AvgIpc) is 2.89. The number of esters is 1. The van der Waals surface area contributed by atoms with Crippen LogP contribution >= 0.6 is 0 Å². The van der Waals surface area contributed by atoms with Gasteiger partial charge >= 0.3 is 12.1 Å². The summed E-state index contributed by atoms with van der Waals surface area (Å²) in [6.07, 6.45) is -0.771. The van der Waals surface area contributed by atoms with E-state index in [0.29, 0.717) is 6.54 Å². The Hall–Kier alpha value is -2.26. The number of piperidine rings is 1. The molecule has 0 spiro atoms. The van der Waals surface area contributed by atoms with E-state index in [1.807, 2.05) is 0 Å². The number of halogens is 2. The zero-order valence-corrected chi connectivity index (χ0v) is 16.5. The zero-order valence-electron chi connectivity index (χ0n) is 16.5. The highest BCUT2D eigenvalue weighted by Gasteiger charge is 2.73. The Morgan fingerprint density at radius 3 is 2.62 bits per heavy atom. The maximum absolute atomic E-state index is 15.2. The van der Waals surface area contributed by atoms with Gasteiger partial charge in [-0.15, -0.1) is 0 Å². The number of anilines is 1. The number of hydrogen-bond donors (Lipinski definition) is 2. The Morgan fingerprint density at radius 2 is 2.03 bits per heavy atom. The first-order chi connectivity index (χ1) is 13.6. The van der Waals surface area contributed by atoms with Crippen LogP contribution in [0, 0.1) is 23.5 Å². The molecular formula is C20H24F2N2O5. The number of ether oxygens (including phenoxy) is 2. The van der Waals surface area contributed by atoms with Crippen molar-refractivity contribution in [3.05, 3.63) is 29.3 Å². The van der Waals surface area contributed by atoms with Crippen molar-refractivity contribution in [2.24, 2.45) is 11.8 Å². The molecule has 2 heterocycles. The van der Waals surface area contributed by atoms with Gasteiger partial charge in [-0.3, -0.25) is 9.69 Å². The van der Waals surface area contributed by atoms with Gasteiger partial charge in [-0.25, -0.2) is 13.6 Å². The second-order valence-corrected chi connectivity index (χ2v) is 8.86. The van der Waals surface area contributed by atoms with E-state index < -0.39 is 53.3 Å². The number of hydrogen-bond acceptors (Lipinski definition) is 6. The molecule has 0 radical (unpaired) electrons. The molecule has 9 heteroatoms. The second kappa shape index (κ2) is 6.63. The fraction of sp³-hybridized carbons (Fsp3) is 0.600. The number of benzene rings is 1. The molecule has 1 amide bonds. The Bertz CT molecular complexity index is 848. The Labute approximate surface area is 167 Å². The highest BCUT2D eigenvalue weighted by Crippen LogP contribution is 2.63. The lowest BCUT2D eigenvalue weighted by Gasteiger charge is -2.24. The topological polar surface area (TPSA) is 88.1 Å². The van der Waals surface area contributed by atoms with Crippen LogP contribution in [0.3, 0.4) is 0 Å². The molecule has 3 aliphatic rings. The lowest BCUT2D eigenvalue weighted by Crippen LogP contribution is -2.36. The number of nitrogens with zero attached hydrogens (tertiary/aromatic N) is 1. The minimum Gasteiger partial charge on any atom is -0.460 e. The number of nitrogens with one attached hydrogen (secondary N) is 1. The standard InChI is InChI=1S/C20H24F2N2O5/c1-19(2,3)29-17(26)15-12-6-23-9-20(12,15)16-13(21)4-10(5-14(16)22)24-11(7-25)8-28-18(24)27/h4-5,11-12,15,23,25H,6-9H2,1-3H3/t11-,12?,15?,20?/m1/s1. The van der Waals surface area contributed by atoms with Crippen molar-refractivity contribution in [2.45, 2.75) is 37.8 Å². The van der Waals surface area contributed by atoms with E-state index in [0.717, 1.165) is 17.0 Å². The number of aliphatic hydroxyl groups is 1. The van der Waals surface area contributed by atoms with Crippen molar-refractivity contribution in [2.75, 3.05) is 31.2 Å². The molecule has 1 saturated carbocycles. The van der Waals surface area contributed by atoms with E-state index in [4.69, 9.17) is 9.47 Å². The zero-order chi connectivity index (χ0) is 21.1. The van der Waals surface area contributed by atoms with Gasteiger partial charge in [0.1, 0.15) is 23.8 Å². The minimum absolute atomic E-state index is 0.0290. The first kappa shape index (κ1) is 20.0. The molecular weight excluding hydrogens is 386 g/mol. The van der Waals surface area contributed by atoms with Gasteiger partial charge in [-0.05, 0) is 45.4 Å².